The van der Waals surface area contributed by atoms with E-state index in [1.807, 2.05) is 6.92 Å². The molecule has 1 aliphatic rings. The van der Waals surface area contributed by atoms with Gasteiger partial charge in [-0.15, -0.1) is 0 Å². The van der Waals surface area contributed by atoms with Crippen molar-refractivity contribution in [3.05, 3.63) is 23.8 Å². The first-order valence-electron chi connectivity index (χ1n) is 6.06. The Morgan fingerprint density at radius 3 is 2.84 bits per heavy atom. The SMILES string of the molecule is CCCNC(=O)N1CCc2cc(S(=O)(=O)Cl)ccc21. The van der Waals surface area contributed by atoms with E-state index >= 15 is 0 Å². The summed E-state index contributed by atoms with van der Waals surface area (Å²) >= 11 is 0. The van der Waals surface area contributed by atoms with Gasteiger partial charge < -0.3 is 5.32 Å². The third-order valence-corrected chi connectivity index (χ3v) is 4.35. The molecule has 0 aromatic heterocycles. The van der Waals surface area contributed by atoms with Crippen molar-refractivity contribution in [3.8, 4) is 0 Å². The maximum Gasteiger partial charge on any atom is 0.321 e. The molecule has 1 aliphatic heterocycles. The summed E-state index contributed by atoms with van der Waals surface area (Å²) in [5.74, 6) is 0. The third kappa shape index (κ3) is 3.01. The molecule has 5 nitrogen and oxygen atoms in total. The number of amides is 2. The lowest BCUT2D eigenvalue weighted by Gasteiger charge is -2.17. The molecule has 7 heteroatoms. The normalized spacial score (nSPS) is 14.3. The molecule has 0 fully saturated rings. The van der Waals surface area contributed by atoms with Crippen LogP contribution in [0.1, 0.15) is 18.9 Å². The van der Waals surface area contributed by atoms with Crippen LogP contribution in [0.3, 0.4) is 0 Å². The second-order valence-corrected chi connectivity index (χ2v) is 6.93. The van der Waals surface area contributed by atoms with Crippen molar-refractivity contribution >= 4 is 31.5 Å². The van der Waals surface area contributed by atoms with E-state index < -0.39 is 9.05 Å². The minimum Gasteiger partial charge on any atom is -0.338 e. The predicted octanol–water partition coefficient (Wildman–Crippen LogP) is 2.10. The summed E-state index contributed by atoms with van der Waals surface area (Å²) in [5, 5.41) is 2.80. The quantitative estimate of drug-likeness (QED) is 0.870. The van der Waals surface area contributed by atoms with Gasteiger partial charge in [0.2, 0.25) is 0 Å². The van der Waals surface area contributed by atoms with Crippen LogP contribution >= 0.6 is 10.7 Å². The molecule has 104 valence electrons. The minimum absolute atomic E-state index is 0.0729. The Morgan fingerprint density at radius 2 is 2.21 bits per heavy atom. The molecular weight excluding hydrogens is 288 g/mol. The highest BCUT2D eigenvalue weighted by molar-refractivity contribution is 8.13. The standard InChI is InChI=1S/C12H15ClN2O3S/c1-2-6-14-12(16)15-7-5-9-8-10(19(13,17)18)3-4-11(9)15/h3-4,8H,2,5-7H2,1H3,(H,14,16). The number of nitrogens with one attached hydrogen (secondary N) is 1. The summed E-state index contributed by atoms with van der Waals surface area (Å²) in [6.45, 7) is 3.16. The van der Waals surface area contributed by atoms with E-state index in [9.17, 15) is 13.2 Å². The van der Waals surface area contributed by atoms with Crippen LogP contribution in [0.4, 0.5) is 10.5 Å². The maximum absolute atomic E-state index is 11.9. The molecule has 0 spiro atoms. The van der Waals surface area contributed by atoms with Gasteiger partial charge in [0.25, 0.3) is 9.05 Å². The highest BCUT2D eigenvalue weighted by Gasteiger charge is 2.25. The van der Waals surface area contributed by atoms with Crippen molar-refractivity contribution in [1.82, 2.24) is 5.32 Å². The molecule has 0 unspecified atom stereocenters. The Bertz CT molecular complexity index is 601. The van der Waals surface area contributed by atoms with Gasteiger partial charge in [0.15, 0.2) is 0 Å². The second-order valence-electron chi connectivity index (χ2n) is 4.36. The molecule has 1 aromatic carbocycles. The van der Waals surface area contributed by atoms with Gasteiger partial charge >= 0.3 is 6.03 Å². The highest BCUT2D eigenvalue weighted by atomic mass is 35.7. The zero-order chi connectivity index (χ0) is 14.0. The lowest BCUT2D eigenvalue weighted by molar-refractivity contribution is 0.247. The Labute approximate surface area is 117 Å². The number of hydrogen-bond donors (Lipinski definition) is 1. The molecule has 0 radical (unpaired) electrons. The van der Waals surface area contributed by atoms with Gasteiger partial charge in [0, 0.05) is 29.5 Å². The average Bonchev–Trinajstić information content (AvgIpc) is 2.77. The highest BCUT2D eigenvalue weighted by Crippen LogP contribution is 2.31. The predicted molar refractivity (Wildman–Crippen MR) is 74.2 cm³/mol. The Morgan fingerprint density at radius 1 is 1.47 bits per heavy atom. The van der Waals surface area contributed by atoms with Gasteiger partial charge in [0.05, 0.1) is 4.90 Å². The number of halogens is 1. The van der Waals surface area contributed by atoms with Crippen LogP contribution in [0.25, 0.3) is 0 Å². The van der Waals surface area contributed by atoms with Gasteiger partial charge in [-0.05, 0) is 36.6 Å². The van der Waals surface area contributed by atoms with Gasteiger partial charge in [-0.25, -0.2) is 13.2 Å². The van der Waals surface area contributed by atoms with Crippen LogP contribution in [0.5, 0.6) is 0 Å². The molecular formula is C12H15ClN2O3S. The van der Waals surface area contributed by atoms with E-state index in [1.165, 1.54) is 12.1 Å². The number of carbonyl (C=O) groups excluding carboxylic acids is 1. The van der Waals surface area contributed by atoms with E-state index in [1.54, 1.807) is 11.0 Å². The van der Waals surface area contributed by atoms with Crippen LogP contribution in [-0.4, -0.2) is 27.5 Å². The van der Waals surface area contributed by atoms with Crippen LogP contribution in [0.2, 0.25) is 0 Å². The Hall–Kier alpha value is -1.27. The van der Waals surface area contributed by atoms with Crippen molar-refractivity contribution in [2.24, 2.45) is 0 Å². The first kappa shape index (κ1) is 14.1. The lowest BCUT2D eigenvalue weighted by Crippen LogP contribution is -2.39. The van der Waals surface area contributed by atoms with Crippen LogP contribution in [-0.2, 0) is 15.5 Å². The summed E-state index contributed by atoms with van der Waals surface area (Å²) in [7, 11) is 1.58. The summed E-state index contributed by atoms with van der Waals surface area (Å²) in [5.41, 5.74) is 1.58. The zero-order valence-electron chi connectivity index (χ0n) is 10.5. The second kappa shape index (κ2) is 5.38. The minimum atomic E-state index is -3.72. The number of urea groups is 1. The topological polar surface area (TPSA) is 66.5 Å². The van der Waals surface area contributed by atoms with Crippen molar-refractivity contribution in [2.75, 3.05) is 18.0 Å². The van der Waals surface area contributed by atoms with Crippen molar-refractivity contribution < 1.29 is 13.2 Å². The molecule has 1 N–H and O–H groups in total. The number of benzene rings is 1. The van der Waals surface area contributed by atoms with Crippen molar-refractivity contribution in [2.45, 2.75) is 24.7 Å². The van der Waals surface area contributed by atoms with Gasteiger partial charge in [-0.2, -0.15) is 0 Å². The fourth-order valence-electron chi connectivity index (χ4n) is 2.07. The van der Waals surface area contributed by atoms with E-state index in [4.69, 9.17) is 10.7 Å². The Kier molecular flexibility index (Phi) is 4.01. The Balaban J connectivity index is 2.25. The number of hydrogen-bond acceptors (Lipinski definition) is 3. The number of fused-ring (bicyclic) bond motifs is 1. The first-order chi connectivity index (χ1) is 8.93. The fraction of sp³-hybridized carbons (Fsp3) is 0.417. The van der Waals surface area contributed by atoms with Gasteiger partial charge in [-0.3, -0.25) is 4.90 Å². The molecule has 0 atom stereocenters. The first-order valence-corrected chi connectivity index (χ1v) is 8.37. The maximum atomic E-state index is 11.9. The molecule has 2 amide bonds. The molecule has 1 aromatic rings. The van der Waals surface area contributed by atoms with Crippen molar-refractivity contribution in [3.63, 3.8) is 0 Å². The number of rotatable bonds is 3. The average molecular weight is 303 g/mol. The summed E-state index contributed by atoms with van der Waals surface area (Å²) in [6, 6.07) is 4.43. The molecule has 0 saturated heterocycles. The van der Waals surface area contributed by atoms with Crippen molar-refractivity contribution in [1.29, 1.82) is 0 Å². The van der Waals surface area contributed by atoms with E-state index in [-0.39, 0.29) is 10.9 Å². The zero-order valence-corrected chi connectivity index (χ0v) is 12.1. The van der Waals surface area contributed by atoms with Crippen LogP contribution < -0.4 is 10.2 Å². The summed E-state index contributed by atoms with van der Waals surface area (Å²) in [4.78, 5) is 13.6. The van der Waals surface area contributed by atoms with Crippen LogP contribution in [0.15, 0.2) is 23.1 Å². The number of nitrogens with zero attached hydrogens (tertiary/aromatic N) is 1. The lowest BCUT2D eigenvalue weighted by atomic mass is 10.2. The van der Waals surface area contributed by atoms with E-state index in [0.29, 0.717) is 19.5 Å². The summed E-state index contributed by atoms with van der Waals surface area (Å²) in [6.07, 6.45) is 1.50. The van der Waals surface area contributed by atoms with Crippen LogP contribution in [0, 0.1) is 0 Å². The smallest absolute Gasteiger partial charge is 0.321 e. The molecule has 0 aliphatic carbocycles. The molecule has 19 heavy (non-hydrogen) atoms. The summed E-state index contributed by atoms with van der Waals surface area (Å²) < 4.78 is 22.5. The molecule has 0 saturated carbocycles. The molecule has 2 rings (SSSR count). The molecule has 0 bridgehead atoms. The van der Waals surface area contributed by atoms with E-state index in [2.05, 4.69) is 5.32 Å². The number of carbonyl (C=O) groups is 1. The largest absolute Gasteiger partial charge is 0.338 e. The van der Waals surface area contributed by atoms with Gasteiger partial charge in [0.1, 0.15) is 0 Å². The van der Waals surface area contributed by atoms with Gasteiger partial charge in [-0.1, -0.05) is 6.92 Å². The third-order valence-electron chi connectivity index (χ3n) is 3.00. The number of anilines is 1. The fourth-order valence-corrected chi connectivity index (χ4v) is 2.87. The van der Waals surface area contributed by atoms with E-state index in [0.717, 1.165) is 17.7 Å². The monoisotopic (exact) mass is 302 g/mol. The molecule has 1 heterocycles.